The molecular weight excluding hydrogens is 781 g/mol. The Labute approximate surface area is 390 Å². The summed E-state index contributed by atoms with van der Waals surface area (Å²) < 4.78 is 16.8. The lowest BCUT2D eigenvalue weighted by Gasteiger charge is -2.18. The summed E-state index contributed by atoms with van der Waals surface area (Å²) in [6.07, 6.45) is 62.4. The monoisotopic (exact) mass is 883 g/mol. The number of esters is 3. The van der Waals surface area contributed by atoms with Gasteiger partial charge in [-0.1, -0.05) is 249 Å². The van der Waals surface area contributed by atoms with Gasteiger partial charge in [-0.2, -0.15) is 0 Å². The molecule has 6 heteroatoms. The van der Waals surface area contributed by atoms with Gasteiger partial charge in [-0.15, -0.1) is 0 Å². The van der Waals surface area contributed by atoms with Crippen LogP contribution in [-0.2, 0) is 28.6 Å². The van der Waals surface area contributed by atoms with Crippen molar-refractivity contribution in [2.24, 2.45) is 0 Å². The van der Waals surface area contributed by atoms with Crippen molar-refractivity contribution < 1.29 is 28.6 Å². The molecule has 0 aromatic heterocycles. The highest BCUT2D eigenvalue weighted by Crippen LogP contribution is 2.16. The number of carbonyl (C=O) groups is 3. The fourth-order valence-electron chi connectivity index (χ4n) is 7.79. The van der Waals surface area contributed by atoms with Crippen molar-refractivity contribution in [2.45, 2.75) is 284 Å². The third-order valence-electron chi connectivity index (χ3n) is 11.8. The summed E-state index contributed by atoms with van der Waals surface area (Å²) in [7, 11) is 0. The van der Waals surface area contributed by atoms with Crippen LogP contribution in [0.4, 0.5) is 0 Å². The summed E-state index contributed by atoms with van der Waals surface area (Å²) in [6, 6.07) is 0. The first-order valence-electron chi connectivity index (χ1n) is 27.1. The molecule has 0 N–H and O–H groups in total. The highest BCUT2D eigenvalue weighted by molar-refractivity contribution is 5.71. The second-order valence-corrected chi connectivity index (χ2v) is 18.1. The van der Waals surface area contributed by atoms with Crippen molar-refractivity contribution >= 4 is 17.9 Å². The van der Waals surface area contributed by atoms with Crippen molar-refractivity contribution in [1.82, 2.24) is 0 Å². The van der Waals surface area contributed by atoms with E-state index in [-0.39, 0.29) is 31.1 Å². The molecule has 6 nitrogen and oxygen atoms in total. The van der Waals surface area contributed by atoms with Gasteiger partial charge in [0.1, 0.15) is 13.2 Å². The zero-order valence-electron chi connectivity index (χ0n) is 41.8. The Kier molecular flexibility index (Phi) is 49.8. The van der Waals surface area contributed by atoms with Crippen LogP contribution in [-0.4, -0.2) is 37.2 Å². The number of hydrogen-bond donors (Lipinski definition) is 0. The SMILES string of the molecule is CC/C=C\C/C=C\C/C=C\C/C=C\CCCCCCCCCCC(=O)OCC(COC(=O)CCCCCCCCCCCCC)OC(=O)CCCCCCCCCCCCCCC. The summed E-state index contributed by atoms with van der Waals surface area (Å²) in [5, 5.41) is 0. The van der Waals surface area contributed by atoms with Gasteiger partial charge in [-0.25, -0.2) is 0 Å². The van der Waals surface area contributed by atoms with Gasteiger partial charge in [0.2, 0.25) is 0 Å². The lowest BCUT2D eigenvalue weighted by Crippen LogP contribution is -2.30. The topological polar surface area (TPSA) is 78.9 Å². The van der Waals surface area contributed by atoms with Crippen LogP contribution in [0.25, 0.3) is 0 Å². The van der Waals surface area contributed by atoms with Crippen LogP contribution in [0.15, 0.2) is 48.6 Å². The molecule has 1 unspecified atom stereocenters. The van der Waals surface area contributed by atoms with Gasteiger partial charge >= 0.3 is 17.9 Å². The summed E-state index contributed by atoms with van der Waals surface area (Å²) >= 11 is 0. The van der Waals surface area contributed by atoms with Crippen LogP contribution in [0.2, 0.25) is 0 Å². The smallest absolute Gasteiger partial charge is 0.306 e. The number of allylic oxidation sites excluding steroid dienone is 8. The van der Waals surface area contributed by atoms with E-state index in [1.54, 1.807) is 0 Å². The molecule has 366 valence electrons. The molecule has 1 atom stereocenters. The molecule has 0 aliphatic heterocycles. The zero-order chi connectivity index (χ0) is 45.8. The minimum atomic E-state index is -0.771. The van der Waals surface area contributed by atoms with Crippen LogP contribution in [0.3, 0.4) is 0 Å². The predicted octanol–water partition coefficient (Wildman–Crippen LogP) is 17.9. The Morgan fingerprint density at radius 1 is 0.333 bits per heavy atom. The molecule has 0 bridgehead atoms. The molecule has 0 spiro atoms. The Morgan fingerprint density at radius 3 is 0.968 bits per heavy atom. The van der Waals surface area contributed by atoms with E-state index in [0.29, 0.717) is 19.3 Å². The van der Waals surface area contributed by atoms with E-state index < -0.39 is 6.10 Å². The van der Waals surface area contributed by atoms with Crippen molar-refractivity contribution in [3.8, 4) is 0 Å². The molecule has 0 fully saturated rings. The van der Waals surface area contributed by atoms with Crippen molar-refractivity contribution in [3.63, 3.8) is 0 Å². The molecule has 0 saturated heterocycles. The van der Waals surface area contributed by atoms with Crippen LogP contribution in [0.1, 0.15) is 278 Å². The zero-order valence-corrected chi connectivity index (χ0v) is 41.8. The molecular formula is C57H102O6. The number of ether oxygens (including phenoxy) is 3. The summed E-state index contributed by atoms with van der Waals surface area (Å²) in [5.74, 6) is -0.869. The molecule has 0 aromatic carbocycles. The fourth-order valence-corrected chi connectivity index (χ4v) is 7.79. The molecule has 0 heterocycles. The number of unbranched alkanes of at least 4 members (excludes halogenated alkanes) is 30. The Balaban J connectivity index is 4.29. The van der Waals surface area contributed by atoms with E-state index in [2.05, 4.69) is 69.4 Å². The third kappa shape index (κ3) is 50.2. The number of rotatable bonds is 49. The van der Waals surface area contributed by atoms with Crippen molar-refractivity contribution in [3.05, 3.63) is 48.6 Å². The van der Waals surface area contributed by atoms with E-state index in [0.717, 1.165) is 89.9 Å². The van der Waals surface area contributed by atoms with Crippen LogP contribution >= 0.6 is 0 Å². The molecule has 0 aliphatic rings. The summed E-state index contributed by atoms with van der Waals surface area (Å²) in [4.78, 5) is 38.0. The van der Waals surface area contributed by atoms with Gasteiger partial charge in [-0.3, -0.25) is 14.4 Å². The maximum atomic E-state index is 12.8. The minimum Gasteiger partial charge on any atom is -0.462 e. The van der Waals surface area contributed by atoms with Gasteiger partial charge in [0.05, 0.1) is 0 Å². The quantitative estimate of drug-likeness (QED) is 0.0262. The lowest BCUT2D eigenvalue weighted by atomic mass is 10.0. The third-order valence-corrected chi connectivity index (χ3v) is 11.8. The predicted molar refractivity (Wildman–Crippen MR) is 270 cm³/mol. The van der Waals surface area contributed by atoms with Crippen LogP contribution in [0.5, 0.6) is 0 Å². The van der Waals surface area contributed by atoms with E-state index >= 15 is 0 Å². The molecule has 0 aromatic rings. The highest BCUT2D eigenvalue weighted by atomic mass is 16.6. The average molecular weight is 883 g/mol. The molecule has 0 radical (unpaired) electrons. The number of hydrogen-bond acceptors (Lipinski definition) is 6. The van der Waals surface area contributed by atoms with Gasteiger partial charge in [0.15, 0.2) is 6.10 Å². The minimum absolute atomic E-state index is 0.0715. The Bertz CT molecular complexity index is 1110. The standard InChI is InChI=1S/C57H102O6/c1-4-7-10-13-16-19-22-24-25-26-27-28-29-30-31-33-35-38-41-44-47-50-56(59)62-53-54(52-61-55(58)49-46-43-40-37-34-21-18-15-12-9-6-3)63-57(60)51-48-45-42-39-36-32-23-20-17-14-11-8-5-2/h7,10,16,19,24-25,27-28,54H,4-6,8-9,11-15,17-18,20-23,26,29-53H2,1-3H3/b10-7-,19-16-,25-24-,28-27-. The normalized spacial score (nSPS) is 12.4. The second-order valence-electron chi connectivity index (χ2n) is 18.1. The largest absolute Gasteiger partial charge is 0.462 e. The first kappa shape index (κ1) is 60.4. The van der Waals surface area contributed by atoms with Crippen molar-refractivity contribution in [1.29, 1.82) is 0 Å². The van der Waals surface area contributed by atoms with Crippen molar-refractivity contribution in [2.75, 3.05) is 13.2 Å². The number of carbonyl (C=O) groups excluding carboxylic acids is 3. The van der Waals surface area contributed by atoms with E-state index in [1.807, 2.05) is 0 Å². The fraction of sp³-hybridized carbons (Fsp3) is 0.807. The highest BCUT2D eigenvalue weighted by Gasteiger charge is 2.19. The maximum Gasteiger partial charge on any atom is 0.306 e. The summed E-state index contributed by atoms with van der Waals surface area (Å²) in [5.41, 5.74) is 0. The molecule has 0 amide bonds. The lowest BCUT2D eigenvalue weighted by molar-refractivity contribution is -0.167. The Hall–Kier alpha value is -2.63. The van der Waals surface area contributed by atoms with Gasteiger partial charge in [0, 0.05) is 19.3 Å². The molecule has 0 aliphatic carbocycles. The van der Waals surface area contributed by atoms with E-state index in [1.165, 1.54) is 148 Å². The molecule has 63 heavy (non-hydrogen) atoms. The average Bonchev–Trinajstić information content (AvgIpc) is 3.28. The second kappa shape index (κ2) is 52.0. The van der Waals surface area contributed by atoms with Gasteiger partial charge < -0.3 is 14.2 Å². The van der Waals surface area contributed by atoms with Gasteiger partial charge in [-0.05, 0) is 57.8 Å². The molecule has 0 saturated carbocycles. The summed E-state index contributed by atoms with van der Waals surface area (Å²) in [6.45, 7) is 6.53. The first-order valence-corrected chi connectivity index (χ1v) is 27.1. The van der Waals surface area contributed by atoms with Gasteiger partial charge in [0.25, 0.3) is 0 Å². The first-order chi connectivity index (χ1) is 31.0. The maximum absolute atomic E-state index is 12.8. The van der Waals surface area contributed by atoms with E-state index in [9.17, 15) is 14.4 Å². The Morgan fingerprint density at radius 2 is 0.619 bits per heavy atom. The molecule has 0 rings (SSSR count). The van der Waals surface area contributed by atoms with E-state index in [4.69, 9.17) is 14.2 Å². The van der Waals surface area contributed by atoms with Crippen LogP contribution in [0, 0.1) is 0 Å². The van der Waals surface area contributed by atoms with Crippen LogP contribution < -0.4 is 0 Å².